The smallest absolute Gasteiger partial charge is 0.115 e. The van der Waals surface area contributed by atoms with Crippen molar-refractivity contribution in [1.29, 1.82) is 0 Å². The molecule has 1 heterocycles. The highest BCUT2D eigenvalue weighted by molar-refractivity contribution is 5.63. The van der Waals surface area contributed by atoms with Crippen LogP contribution in [0.5, 0.6) is 5.75 Å². The first-order chi connectivity index (χ1) is 9.29. The van der Waals surface area contributed by atoms with Crippen LogP contribution in [0.25, 0.3) is 11.1 Å². The third-order valence-electron chi connectivity index (χ3n) is 3.31. The number of unbranched alkanes of at least 4 members (excludes halogenated alkanes) is 3. The second kappa shape index (κ2) is 6.93. The molecule has 0 aliphatic carbocycles. The van der Waals surface area contributed by atoms with E-state index < -0.39 is 0 Å². The molecule has 2 nitrogen and oxygen atoms in total. The Morgan fingerprint density at radius 3 is 2.26 bits per heavy atom. The second-order valence-corrected chi connectivity index (χ2v) is 4.90. The summed E-state index contributed by atoms with van der Waals surface area (Å²) in [6.45, 7) is 2.23. The van der Waals surface area contributed by atoms with Crippen LogP contribution in [0, 0.1) is 0 Å². The summed E-state index contributed by atoms with van der Waals surface area (Å²) in [6.07, 6.45) is 8.08. The van der Waals surface area contributed by atoms with Crippen LogP contribution in [-0.4, -0.2) is 10.1 Å². The Kier molecular flexibility index (Phi) is 4.96. The molecule has 1 aromatic carbocycles. The molecule has 0 aliphatic rings. The Balaban J connectivity index is 1.96. The molecule has 100 valence electrons. The van der Waals surface area contributed by atoms with E-state index in [1.54, 1.807) is 12.1 Å². The predicted octanol–water partition coefficient (Wildman–Crippen LogP) is 4.58. The van der Waals surface area contributed by atoms with Crippen molar-refractivity contribution in [2.75, 3.05) is 0 Å². The van der Waals surface area contributed by atoms with Gasteiger partial charge >= 0.3 is 0 Å². The number of aryl methyl sites for hydroxylation is 1. The van der Waals surface area contributed by atoms with Crippen molar-refractivity contribution < 1.29 is 5.11 Å². The monoisotopic (exact) mass is 255 g/mol. The van der Waals surface area contributed by atoms with Gasteiger partial charge in [-0.1, -0.05) is 44.4 Å². The molecule has 19 heavy (non-hydrogen) atoms. The Morgan fingerprint density at radius 2 is 1.63 bits per heavy atom. The average Bonchev–Trinajstić information content (AvgIpc) is 2.45. The normalized spacial score (nSPS) is 10.6. The van der Waals surface area contributed by atoms with E-state index in [4.69, 9.17) is 0 Å². The number of nitrogens with zero attached hydrogens (tertiary/aromatic N) is 1. The molecule has 2 heteroatoms. The number of phenols is 1. The average molecular weight is 255 g/mol. The van der Waals surface area contributed by atoms with Crippen LogP contribution in [0.4, 0.5) is 0 Å². The molecule has 0 radical (unpaired) electrons. The van der Waals surface area contributed by atoms with Gasteiger partial charge in [0.15, 0.2) is 0 Å². The fourth-order valence-corrected chi connectivity index (χ4v) is 2.13. The highest BCUT2D eigenvalue weighted by Crippen LogP contribution is 2.21. The largest absolute Gasteiger partial charge is 0.508 e. The van der Waals surface area contributed by atoms with Crippen molar-refractivity contribution in [2.24, 2.45) is 0 Å². The molecule has 2 aromatic rings. The number of aromatic hydroxyl groups is 1. The van der Waals surface area contributed by atoms with Gasteiger partial charge in [-0.15, -0.1) is 0 Å². The summed E-state index contributed by atoms with van der Waals surface area (Å²) >= 11 is 0. The number of rotatable bonds is 6. The molecule has 0 unspecified atom stereocenters. The predicted molar refractivity (Wildman–Crippen MR) is 79.2 cm³/mol. The maximum Gasteiger partial charge on any atom is 0.115 e. The topological polar surface area (TPSA) is 33.1 Å². The third-order valence-corrected chi connectivity index (χ3v) is 3.31. The zero-order valence-electron chi connectivity index (χ0n) is 11.5. The first-order valence-electron chi connectivity index (χ1n) is 7.04. The van der Waals surface area contributed by atoms with Gasteiger partial charge in [-0.05, 0) is 36.6 Å². The van der Waals surface area contributed by atoms with Crippen LogP contribution in [0.3, 0.4) is 0 Å². The van der Waals surface area contributed by atoms with Crippen molar-refractivity contribution in [1.82, 2.24) is 4.98 Å². The summed E-state index contributed by atoms with van der Waals surface area (Å²) in [6, 6.07) is 11.4. The highest BCUT2D eigenvalue weighted by atomic mass is 16.3. The zero-order valence-corrected chi connectivity index (χ0v) is 11.5. The van der Waals surface area contributed by atoms with Crippen molar-refractivity contribution in [3.8, 4) is 16.9 Å². The van der Waals surface area contributed by atoms with Crippen LogP contribution in [0.15, 0.2) is 42.6 Å². The van der Waals surface area contributed by atoms with Crippen molar-refractivity contribution in [2.45, 2.75) is 39.0 Å². The number of hydrogen-bond acceptors (Lipinski definition) is 2. The second-order valence-electron chi connectivity index (χ2n) is 4.90. The maximum atomic E-state index is 9.27. The quantitative estimate of drug-likeness (QED) is 0.766. The van der Waals surface area contributed by atoms with Crippen LogP contribution < -0.4 is 0 Å². The van der Waals surface area contributed by atoms with Gasteiger partial charge in [0.05, 0.1) is 0 Å². The van der Waals surface area contributed by atoms with Gasteiger partial charge in [0.25, 0.3) is 0 Å². The molecule has 0 bridgehead atoms. The number of benzene rings is 1. The van der Waals surface area contributed by atoms with Gasteiger partial charge in [-0.2, -0.15) is 0 Å². The molecule has 2 rings (SSSR count). The molecule has 0 saturated heterocycles. The lowest BCUT2D eigenvalue weighted by atomic mass is 10.1. The van der Waals surface area contributed by atoms with E-state index in [1.165, 1.54) is 31.4 Å². The molecule has 0 spiro atoms. The Morgan fingerprint density at radius 1 is 0.895 bits per heavy atom. The lowest BCUT2D eigenvalue weighted by molar-refractivity contribution is 0.475. The van der Waals surface area contributed by atoms with E-state index in [1.807, 2.05) is 18.3 Å². The summed E-state index contributed by atoms with van der Waals surface area (Å²) < 4.78 is 0. The van der Waals surface area contributed by atoms with E-state index in [2.05, 4.69) is 24.0 Å². The van der Waals surface area contributed by atoms with Gasteiger partial charge in [-0.25, -0.2) is 0 Å². The highest BCUT2D eigenvalue weighted by Gasteiger charge is 2.00. The number of pyridine rings is 1. The van der Waals surface area contributed by atoms with Crippen molar-refractivity contribution in [3.05, 3.63) is 48.3 Å². The molecular formula is C17H21NO. The van der Waals surface area contributed by atoms with E-state index >= 15 is 0 Å². The van der Waals surface area contributed by atoms with E-state index in [0.717, 1.165) is 17.5 Å². The van der Waals surface area contributed by atoms with Crippen molar-refractivity contribution >= 4 is 0 Å². The minimum absolute atomic E-state index is 0.296. The van der Waals surface area contributed by atoms with Gasteiger partial charge in [0, 0.05) is 17.5 Å². The lowest BCUT2D eigenvalue weighted by Crippen LogP contribution is -1.90. The fourth-order valence-electron chi connectivity index (χ4n) is 2.13. The lowest BCUT2D eigenvalue weighted by Gasteiger charge is -2.04. The summed E-state index contributed by atoms with van der Waals surface area (Å²) in [7, 11) is 0. The molecule has 0 fully saturated rings. The summed E-state index contributed by atoms with van der Waals surface area (Å²) in [5.41, 5.74) is 3.35. The SMILES string of the molecule is CCCCCCc1ccc(-c2ccc(O)cc2)cn1. The Labute approximate surface area is 115 Å². The maximum absolute atomic E-state index is 9.27. The van der Waals surface area contributed by atoms with E-state index in [9.17, 15) is 5.11 Å². The first kappa shape index (κ1) is 13.6. The fraction of sp³-hybridized carbons (Fsp3) is 0.353. The third kappa shape index (κ3) is 4.09. The van der Waals surface area contributed by atoms with E-state index in [0.29, 0.717) is 5.75 Å². The standard InChI is InChI=1S/C17H21NO/c1-2-3-4-5-6-16-10-7-15(13-18-16)14-8-11-17(19)12-9-14/h7-13,19H,2-6H2,1H3. The van der Waals surface area contributed by atoms with Gasteiger partial charge in [0.2, 0.25) is 0 Å². The van der Waals surface area contributed by atoms with Crippen LogP contribution in [0.2, 0.25) is 0 Å². The van der Waals surface area contributed by atoms with E-state index in [-0.39, 0.29) is 0 Å². The van der Waals surface area contributed by atoms with Gasteiger partial charge in [-0.3, -0.25) is 4.98 Å². The molecule has 1 N–H and O–H groups in total. The van der Waals surface area contributed by atoms with Gasteiger partial charge < -0.3 is 5.11 Å². The number of aromatic nitrogens is 1. The first-order valence-corrected chi connectivity index (χ1v) is 7.04. The summed E-state index contributed by atoms with van der Waals surface area (Å²) in [4.78, 5) is 4.51. The molecule has 0 atom stereocenters. The Hall–Kier alpha value is -1.83. The number of phenolic OH excluding ortho intramolecular Hbond substituents is 1. The Bertz CT molecular complexity index is 488. The summed E-state index contributed by atoms with van der Waals surface area (Å²) in [5, 5.41) is 9.27. The van der Waals surface area contributed by atoms with Gasteiger partial charge in [0.1, 0.15) is 5.75 Å². The van der Waals surface area contributed by atoms with Crippen molar-refractivity contribution in [3.63, 3.8) is 0 Å². The zero-order chi connectivity index (χ0) is 13.5. The minimum Gasteiger partial charge on any atom is -0.508 e. The number of hydrogen-bond donors (Lipinski definition) is 1. The van der Waals surface area contributed by atoms with Crippen LogP contribution in [-0.2, 0) is 6.42 Å². The minimum atomic E-state index is 0.296. The molecule has 0 saturated carbocycles. The molecule has 1 aromatic heterocycles. The summed E-state index contributed by atoms with van der Waals surface area (Å²) in [5.74, 6) is 0.296. The van der Waals surface area contributed by atoms with Crippen LogP contribution in [0.1, 0.15) is 38.3 Å². The molecule has 0 aliphatic heterocycles. The molecular weight excluding hydrogens is 234 g/mol. The van der Waals surface area contributed by atoms with Crippen LogP contribution >= 0.6 is 0 Å². The molecule has 0 amide bonds.